The van der Waals surface area contributed by atoms with Gasteiger partial charge in [-0.05, 0) is 32.8 Å². The van der Waals surface area contributed by atoms with Gasteiger partial charge in [0, 0.05) is 57.2 Å². The lowest BCUT2D eigenvalue weighted by molar-refractivity contribution is -0.0325. The highest BCUT2D eigenvalue weighted by Crippen LogP contribution is 2.33. The first kappa shape index (κ1) is 17.0. The second-order valence-corrected chi connectivity index (χ2v) is 6.37. The Bertz CT molecular complexity index is 625. The second kappa shape index (κ2) is 8.35. The quantitative estimate of drug-likeness (QED) is 0.790. The van der Waals surface area contributed by atoms with Crippen LogP contribution in [0.5, 0.6) is 0 Å². The lowest BCUT2D eigenvalue weighted by Gasteiger charge is -2.32. The Kier molecular flexibility index (Phi) is 5.93. The maximum Gasteiger partial charge on any atom is 0.103 e. The molecule has 3 rings (SSSR count). The Balaban J connectivity index is 1.52. The van der Waals surface area contributed by atoms with Crippen LogP contribution in [-0.4, -0.2) is 39.4 Å². The summed E-state index contributed by atoms with van der Waals surface area (Å²) in [5, 5.41) is 7.96. The first-order chi connectivity index (χ1) is 11.8. The van der Waals surface area contributed by atoms with E-state index < -0.39 is 0 Å². The summed E-state index contributed by atoms with van der Waals surface area (Å²) in [7, 11) is 0. The van der Waals surface area contributed by atoms with Gasteiger partial charge in [-0.2, -0.15) is 5.10 Å². The summed E-state index contributed by atoms with van der Waals surface area (Å²) < 4.78 is 8.13. The zero-order valence-corrected chi connectivity index (χ0v) is 14.6. The predicted molar refractivity (Wildman–Crippen MR) is 92.7 cm³/mol. The van der Waals surface area contributed by atoms with Gasteiger partial charge in [0.05, 0.1) is 17.1 Å². The van der Waals surface area contributed by atoms with Crippen molar-refractivity contribution in [3.8, 4) is 0 Å². The molecule has 0 aromatic carbocycles. The third kappa shape index (κ3) is 4.19. The van der Waals surface area contributed by atoms with Crippen molar-refractivity contribution in [2.24, 2.45) is 5.92 Å². The zero-order chi connectivity index (χ0) is 16.8. The molecule has 3 heterocycles. The first-order valence-electron chi connectivity index (χ1n) is 8.89. The first-order valence-corrected chi connectivity index (χ1v) is 8.89. The van der Waals surface area contributed by atoms with Gasteiger partial charge in [0.15, 0.2) is 0 Å². The third-order valence-electron chi connectivity index (χ3n) is 4.58. The molecule has 0 unspecified atom stereocenters. The monoisotopic (exact) mass is 329 g/mol. The number of nitrogens with one attached hydrogen (secondary N) is 1. The molecule has 130 valence electrons. The molecule has 2 aromatic heterocycles. The van der Waals surface area contributed by atoms with E-state index in [2.05, 4.69) is 33.4 Å². The maximum absolute atomic E-state index is 6.08. The number of aryl methyl sites for hydroxylation is 2. The van der Waals surface area contributed by atoms with E-state index in [1.54, 1.807) is 0 Å². The maximum atomic E-state index is 6.08. The summed E-state index contributed by atoms with van der Waals surface area (Å²) in [4.78, 5) is 8.69. The lowest BCUT2D eigenvalue weighted by atomic mass is 9.92. The van der Waals surface area contributed by atoms with Crippen molar-refractivity contribution in [2.45, 2.75) is 45.8 Å². The zero-order valence-electron chi connectivity index (χ0n) is 14.6. The molecule has 1 saturated heterocycles. The van der Waals surface area contributed by atoms with Gasteiger partial charge in [0.2, 0.25) is 0 Å². The summed E-state index contributed by atoms with van der Waals surface area (Å²) in [5.41, 5.74) is 3.20. The molecule has 0 bridgehead atoms. The Morgan fingerprint density at radius 3 is 3.04 bits per heavy atom. The van der Waals surface area contributed by atoms with Crippen LogP contribution in [0.4, 0.5) is 0 Å². The Morgan fingerprint density at radius 1 is 1.33 bits per heavy atom. The number of hydrogen-bond donors (Lipinski definition) is 1. The fraction of sp³-hybridized carbons (Fsp3) is 0.611. The smallest absolute Gasteiger partial charge is 0.103 e. The number of ether oxygens (including phenoxy) is 1. The Hall–Kier alpha value is -1.79. The fourth-order valence-electron chi connectivity index (χ4n) is 3.28. The molecule has 0 aliphatic carbocycles. The predicted octanol–water partition coefficient (Wildman–Crippen LogP) is 2.30. The standard InChI is InChI=1S/C18H27N5O/c1-3-23-17(7-9-22-23)18-15(5-4-10-24-18)12-19-8-6-16-13-20-14(2)11-21-16/h7,9,11,13,15,18-19H,3-6,8,10,12H2,1-2H3/t15-,18+/m0/s1. The normalized spacial score (nSPS) is 21.1. The van der Waals surface area contributed by atoms with Crippen LogP contribution in [0.1, 0.15) is 43.0 Å². The third-order valence-corrected chi connectivity index (χ3v) is 4.58. The summed E-state index contributed by atoms with van der Waals surface area (Å²) in [6, 6.07) is 2.09. The number of rotatable bonds is 7. The molecule has 1 fully saturated rings. The van der Waals surface area contributed by atoms with E-state index in [4.69, 9.17) is 4.74 Å². The topological polar surface area (TPSA) is 64.9 Å². The highest BCUT2D eigenvalue weighted by molar-refractivity contribution is 5.08. The van der Waals surface area contributed by atoms with Crippen molar-refractivity contribution in [2.75, 3.05) is 19.7 Å². The van der Waals surface area contributed by atoms with Crippen molar-refractivity contribution in [1.29, 1.82) is 0 Å². The molecule has 1 aliphatic heterocycles. The van der Waals surface area contributed by atoms with Crippen LogP contribution in [0.3, 0.4) is 0 Å². The van der Waals surface area contributed by atoms with Gasteiger partial charge in [0.1, 0.15) is 6.10 Å². The van der Waals surface area contributed by atoms with E-state index in [1.165, 1.54) is 12.1 Å². The van der Waals surface area contributed by atoms with E-state index in [0.717, 1.165) is 50.5 Å². The van der Waals surface area contributed by atoms with Crippen molar-refractivity contribution >= 4 is 0 Å². The van der Waals surface area contributed by atoms with Crippen molar-refractivity contribution in [3.05, 3.63) is 41.7 Å². The van der Waals surface area contributed by atoms with Crippen molar-refractivity contribution < 1.29 is 4.74 Å². The fourth-order valence-corrected chi connectivity index (χ4v) is 3.28. The largest absolute Gasteiger partial charge is 0.372 e. The molecule has 0 amide bonds. The second-order valence-electron chi connectivity index (χ2n) is 6.37. The van der Waals surface area contributed by atoms with Gasteiger partial charge < -0.3 is 10.1 Å². The molecular formula is C18H27N5O. The molecule has 1 N–H and O–H groups in total. The van der Waals surface area contributed by atoms with Gasteiger partial charge >= 0.3 is 0 Å². The van der Waals surface area contributed by atoms with Crippen LogP contribution in [0.2, 0.25) is 0 Å². The van der Waals surface area contributed by atoms with Gasteiger partial charge in [0.25, 0.3) is 0 Å². The van der Waals surface area contributed by atoms with Crippen molar-refractivity contribution in [3.63, 3.8) is 0 Å². The highest BCUT2D eigenvalue weighted by Gasteiger charge is 2.29. The minimum atomic E-state index is 0.146. The molecule has 0 saturated carbocycles. The van der Waals surface area contributed by atoms with Gasteiger partial charge in [-0.15, -0.1) is 0 Å². The van der Waals surface area contributed by atoms with Crippen LogP contribution in [0.15, 0.2) is 24.7 Å². The number of nitrogens with zero attached hydrogens (tertiary/aromatic N) is 4. The molecule has 1 aliphatic rings. The molecule has 2 aromatic rings. The summed E-state index contributed by atoms with van der Waals surface area (Å²) in [6.07, 6.45) is 8.93. The minimum Gasteiger partial charge on any atom is -0.372 e. The minimum absolute atomic E-state index is 0.146. The van der Waals surface area contributed by atoms with E-state index in [-0.39, 0.29) is 6.10 Å². The van der Waals surface area contributed by atoms with E-state index in [0.29, 0.717) is 5.92 Å². The Morgan fingerprint density at radius 2 is 2.25 bits per heavy atom. The van der Waals surface area contributed by atoms with Crippen LogP contribution in [0.25, 0.3) is 0 Å². The van der Waals surface area contributed by atoms with Crippen LogP contribution >= 0.6 is 0 Å². The molecule has 24 heavy (non-hydrogen) atoms. The average molecular weight is 329 g/mol. The van der Waals surface area contributed by atoms with E-state index >= 15 is 0 Å². The van der Waals surface area contributed by atoms with Gasteiger partial charge in [-0.25, -0.2) is 0 Å². The highest BCUT2D eigenvalue weighted by atomic mass is 16.5. The molecular weight excluding hydrogens is 302 g/mol. The lowest BCUT2D eigenvalue weighted by Crippen LogP contribution is -2.34. The van der Waals surface area contributed by atoms with Gasteiger partial charge in [-0.3, -0.25) is 14.6 Å². The van der Waals surface area contributed by atoms with Crippen molar-refractivity contribution in [1.82, 2.24) is 25.1 Å². The van der Waals surface area contributed by atoms with Crippen LogP contribution in [-0.2, 0) is 17.7 Å². The summed E-state index contributed by atoms with van der Waals surface area (Å²) >= 11 is 0. The molecule has 6 heteroatoms. The van der Waals surface area contributed by atoms with Crippen LogP contribution in [0, 0.1) is 12.8 Å². The SMILES string of the molecule is CCn1nccc1[C@@H]1OCCC[C@H]1CNCCc1cnc(C)cn1. The van der Waals surface area contributed by atoms with E-state index in [1.807, 2.05) is 30.2 Å². The van der Waals surface area contributed by atoms with E-state index in [9.17, 15) is 0 Å². The number of hydrogen-bond acceptors (Lipinski definition) is 5. The molecule has 0 spiro atoms. The molecule has 0 radical (unpaired) electrons. The number of aromatic nitrogens is 4. The molecule has 6 nitrogen and oxygen atoms in total. The summed E-state index contributed by atoms with van der Waals surface area (Å²) in [5.74, 6) is 0.491. The average Bonchev–Trinajstić information content (AvgIpc) is 3.09. The van der Waals surface area contributed by atoms with Gasteiger partial charge in [-0.1, -0.05) is 0 Å². The van der Waals surface area contributed by atoms with Crippen LogP contribution < -0.4 is 5.32 Å². The summed E-state index contributed by atoms with van der Waals surface area (Å²) in [6.45, 7) is 7.67. The Labute approximate surface area is 143 Å². The molecule has 2 atom stereocenters.